The summed E-state index contributed by atoms with van der Waals surface area (Å²) >= 11 is 0. The molecule has 0 spiro atoms. The molecular formula is C19H35NO4. The van der Waals surface area contributed by atoms with Crippen LogP contribution in [-0.2, 0) is 14.3 Å². The lowest BCUT2D eigenvalue weighted by Crippen LogP contribution is -2.40. The van der Waals surface area contributed by atoms with Gasteiger partial charge in [-0.25, -0.2) is 9.59 Å². The van der Waals surface area contributed by atoms with E-state index in [9.17, 15) is 9.59 Å². The second-order valence-corrected chi connectivity index (χ2v) is 6.08. The quantitative estimate of drug-likeness (QED) is 0.265. The van der Waals surface area contributed by atoms with E-state index in [1.165, 1.54) is 32.1 Å². The van der Waals surface area contributed by atoms with Crippen LogP contribution >= 0.6 is 0 Å². The third kappa shape index (κ3) is 14.1. The first-order valence-corrected chi connectivity index (χ1v) is 9.32. The van der Waals surface area contributed by atoms with Crippen LogP contribution < -0.4 is 5.32 Å². The third-order valence-electron chi connectivity index (χ3n) is 3.72. The molecule has 0 radical (unpaired) electrons. The molecule has 0 fully saturated rings. The van der Waals surface area contributed by atoms with Gasteiger partial charge >= 0.3 is 12.1 Å². The zero-order valence-electron chi connectivity index (χ0n) is 15.5. The van der Waals surface area contributed by atoms with Crippen LogP contribution in [0.5, 0.6) is 0 Å². The summed E-state index contributed by atoms with van der Waals surface area (Å²) < 4.78 is 10.1. The summed E-state index contributed by atoms with van der Waals surface area (Å²) in [6.07, 6.45) is 12.4. The highest BCUT2D eigenvalue weighted by Gasteiger charge is 2.17. The minimum atomic E-state index is -0.677. The van der Waals surface area contributed by atoms with E-state index >= 15 is 0 Å². The highest BCUT2D eigenvalue weighted by Crippen LogP contribution is 2.08. The SMILES string of the molecule is C=CCCCCCCCCCOC(=O)[C@H](C)NC(=O)OCCCC. The van der Waals surface area contributed by atoms with E-state index in [0.29, 0.717) is 13.2 Å². The molecule has 5 heteroatoms. The molecule has 0 aliphatic heterocycles. The van der Waals surface area contributed by atoms with Gasteiger partial charge in [-0.05, 0) is 32.6 Å². The first-order chi connectivity index (χ1) is 11.6. The fourth-order valence-corrected chi connectivity index (χ4v) is 2.16. The first kappa shape index (κ1) is 22.5. The number of unbranched alkanes of at least 4 members (excludes halogenated alkanes) is 8. The molecule has 0 aromatic carbocycles. The van der Waals surface area contributed by atoms with Crippen molar-refractivity contribution in [1.82, 2.24) is 5.32 Å². The van der Waals surface area contributed by atoms with Crippen molar-refractivity contribution in [2.75, 3.05) is 13.2 Å². The number of hydrogen-bond donors (Lipinski definition) is 1. The maximum atomic E-state index is 11.7. The van der Waals surface area contributed by atoms with Crippen molar-refractivity contribution in [1.29, 1.82) is 0 Å². The topological polar surface area (TPSA) is 64.6 Å². The zero-order chi connectivity index (χ0) is 18.0. The zero-order valence-corrected chi connectivity index (χ0v) is 15.5. The van der Waals surface area contributed by atoms with Crippen LogP contribution in [0.25, 0.3) is 0 Å². The van der Waals surface area contributed by atoms with Gasteiger partial charge in [0.15, 0.2) is 0 Å². The summed E-state index contributed by atoms with van der Waals surface area (Å²) in [5.41, 5.74) is 0. The lowest BCUT2D eigenvalue weighted by atomic mass is 10.1. The summed E-state index contributed by atoms with van der Waals surface area (Å²) in [4.78, 5) is 23.2. The number of carbonyl (C=O) groups is 2. The number of alkyl carbamates (subject to hydrolysis) is 1. The van der Waals surface area contributed by atoms with Gasteiger partial charge in [0.1, 0.15) is 6.04 Å². The van der Waals surface area contributed by atoms with Gasteiger partial charge in [0, 0.05) is 0 Å². The van der Waals surface area contributed by atoms with Crippen LogP contribution in [0.2, 0.25) is 0 Å². The molecule has 0 aliphatic rings. The maximum absolute atomic E-state index is 11.7. The van der Waals surface area contributed by atoms with Crippen LogP contribution in [0.4, 0.5) is 4.79 Å². The van der Waals surface area contributed by atoms with Crippen molar-refractivity contribution in [2.24, 2.45) is 0 Å². The standard InChI is InChI=1S/C19H35NO4/c1-4-6-8-9-10-11-12-13-14-16-23-18(21)17(3)20-19(22)24-15-7-5-2/h4,17H,1,5-16H2,2-3H3,(H,20,22)/t17-/m0/s1. The van der Waals surface area contributed by atoms with Gasteiger partial charge in [-0.2, -0.15) is 0 Å². The number of rotatable bonds is 15. The Bertz CT molecular complexity index is 344. The second-order valence-electron chi connectivity index (χ2n) is 6.08. The number of allylic oxidation sites excluding steroid dienone is 1. The number of carbonyl (C=O) groups excluding carboxylic acids is 2. The van der Waals surface area contributed by atoms with Gasteiger partial charge in [0.05, 0.1) is 13.2 Å². The average molecular weight is 341 g/mol. The van der Waals surface area contributed by atoms with Crippen molar-refractivity contribution < 1.29 is 19.1 Å². The maximum Gasteiger partial charge on any atom is 0.407 e. The molecular weight excluding hydrogens is 306 g/mol. The lowest BCUT2D eigenvalue weighted by molar-refractivity contribution is -0.145. The minimum absolute atomic E-state index is 0.373. The predicted molar refractivity (Wildman–Crippen MR) is 96.9 cm³/mol. The Balaban J connectivity index is 3.50. The van der Waals surface area contributed by atoms with E-state index in [0.717, 1.165) is 32.1 Å². The lowest BCUT2D eigenvalue weighted by Gasteiger charge is -2.13. The summed E-state index contributed by atoms with van der Waals surface area (Å²) in [5, 5.41) is 2.48. The van der Waals surface area contributed by atoms with Crippen LogP contribution in [-0.4, -0.2) is 31.3 Å². The van der Waals surface area contributed by atoms with E-state index in [1.54, 1.807) is 6.92 Å². The number of amides is 1. The molecule has 24 heavy (non-hydrogen) atoms. The van der Waals surface area contributed by atoms with E-state index < -0.39 is 18.1 Å². The van der Waals surface area contributed by atoms with Gasteiger partial charge < -0.3 is 14.8 Å². The first-order valence-electron chi connectivity index (χ1n) is 9.32. The van der Waals surface area contributed by atoms with Crippen molar-refractivity contribution in [3.8, 4) is 0 Å². The summed E-state index contributed by atoms with van der Waals surface area (Å²) in [6.45, 7) is 8.12. The van der Waals surface area contributed by atoms with E-state index in [1.807, 2.05) is 13.0 Å². The largest absolute Gasteiger partial charge is 0.464 e. The molecule has 0 heterocycles. The average Bonchev–Trinajstić information content (AvgIpc) is 2.56. The molecule has 1 amide bonds. The minimum Gasteiger partial charge on any atom is -0.464 e. The fraction of sp³-hybridized carbons (Fsp3) is 0.789. The number of ether oxygens (including phenoxy) is 2. The molecule has 0 saturated heterocycles. The molecule has 140 valence electrons. The Kier molecular flexibility index (Phi) is 15.3. The number of hydrogen-bond acceptors (Lipinski definition) is 4. The normalized spacial score (nSPS) is 11.6. The van der Waals surface area contributed by atoms with Crippen molar-refractivity contribution in [2.45, 2.75) is 84.1 Å². The summed E-state index contributed by atoms with van der Waals surface area (Å²) in [6, 6.07) is -0.677. The van der Waals surface area contributed by atoms with E-state index in [-0.39, 0.29) is 0 Å². The number of nitrogens with one attached hydrogen (secondary N) is 1. The second kappa shape index (κ2) is 16.3. The summed E-state index contributed by atoms with van der Waals surface area (Å²) in [7, 11) is 0. The Labute approximate surface area is 147 Å². The molecule has 1 N–H and O–H groups in total. The molecule has 0 bridgehead atoms. The Morgan fingerprint density at radius 1 is 0.958 bits per heavy atom. The van der Waals surface area contributed by atoms with Gasteiger partial charge in [-0.1, -0.05) is 51.5 Å². The Morgan fingerprint density at radius 2 is 1.54 bits per heavy atom. The molecule has 0 rings (SSSR count). The van der Waals surface area contributed by atoms with Gasteiger partial charge in [0.25, 0.3) is 0 Å². The monoisotopic (exact) mass is 341 g/mol. The van der Waals surface area contributed by atoms with Crippen LogP contribution in [0.1, 0.15) is 78.1 Å². The molecule has 0 unspecified atom stereocenters. The van der Waals surface area contributed by atoms with Crippen LogP contribution in [0.15, 0.2) is 12.7 Å². The molecule has 1 atom stereocenters. The van der Waals surface area contributed by atoms with Crippen LogP contribution in [0.3, 0.4) is 0 Å². The Morgan fingerprint density at radius 3 is 2.17 bits per heavy atom. The highest BCUT2D eigenvalue weighted by atomic mass is 16.6. The molecule has 5 nitrogen and oxygen atoms in total. The Hall–Kier alpha value is -1.52. The number of esters is 1. The van der Waals surface area contributed by atoms with Crippen LogP contribution in [0, 0.1) is 0 Å². The van der Waals surface area contributed by atoms with Crippen molar-refractivity contribution in [3.63, 3.8) is 0 Å². The third-order valence-corrected chi connectivity index (χ3v) is 3.72. The van der Waals surface area contributed by atoms with Gasteiger partial charge in [-0.3, -0.25) is 0 Å². The van der Waals surface area contributed by atoms with Gasteiger partial charge in [0.2, 0.25) is 0 Å². The van der Waals surface area contributed by atoms with E-state index in [2.05, 4.69) is 11.9 Å². The van der Waals surface area contributed by atoms with Crippen molar-refractivity contribution in [3.05, 3.63) is 12.7 Å². The smallest absolute Gasteiger partial charge is 0.407 e. The molecule has 0 aliphatic carbocycles. The predicted octanol–water partition coefficient (Wildman–Crippen LogP) is 4.75. The summed E-state index contributed by atoms with van der Waals surface area (Å²) in [5.74, 6) is -0.410. The van der Waals surface area contributed by atoms with Gasteiger partial charge in [-0.15, -0.1) is 6.58 Å². The van der Waals surface area contributed by atoms with Crippen molar-refractivity contribution >= 4 is 12.1 Å². The highest BCUT2D eigenvalue weighted by molar-refractivity contribution is 5.80. The molecule has 0 saturated carbocycles. The fourth-order valence-electron chi connectivity index (χ4n) is 2.16. The molecule has 0 aromatic heterocycles. The molecule has 0 aromatic rings. The van der Waals surface area contributed by atoms with E-state index in [4.69, 9.17) is 9.47 Å².